The fourth-order valence-corrected chi connectivity index (χ4v) is 0.970. The fraction of sp³-hybridized carbons (Fsp3) is 0.800. The number of carboxylic acids is 1. The van der Waals surface area contributed by atoms with Crippen LogP contribution in [0.15, 0.2) is 0 Å². The van der Waals surface area contributed by atoms with E-state index in [4.69, 9.17) is 5.11 Å². The number of carboxylic acid groups (broad SMARTS) is 1. The zero-order valence-electron chi connectivity index (χ0n) is 9.28. The molecule has 1 atom stereocenters. The highest BCUT2D eigenvalue weighted by atomic mass is 16.4. The van der Waals surface area contributed by atoms with E-state index in [2.05, 4.69) is 0 Å². The van der Waals surface area contributed by atoms with E-state index >= 15 is 0 Å². The van der Waals surface area contributed by atoms with Crippen molar-refractivity contribution in [3.8, 4) is 0 Å². The molecule has 0 spiro atoms. The lowest BCUT2D eigenvalue weighted by molar-refractivity contribution is -0.148. The molecule has 0 radical (unpaired) electrons. The van der Waals surface area contributed by atoms with Crippen LogP contribution in [0.3, 0.4) is 0 Å². The number of aliphatic carboxylic acids is 1. The molecule has 0 aromatic carbocycles. The Labute approximate surface area is 84.9 Å². The zero-order valence-corrected chi connectivity index (χ0v) is 9.28. The number of nitrogens with zero attached hydrogens (tertiary/aromatic N) is 1. The maximum absolute atomic E-state index is 11.5. The molecule has 0 heterocycles. The summed E-state index contributed by atoms with van der Waals surface area (Å²) in [5.74, 6) is -0.605. The van der Waals surface area contributed by atoms with Crippen molar-refractivity contribution in [2.75, 3.05) is 7.05 Å². The standard InChI is InChI=1S/C10H19NO3/c1-7(2)5-6-9(12)11(4)8(3)10(13)14/h7-8H,5-6H2,1-4H3,(H,13,14). The van der Waals surface area contributed by atoms with E-state index in [-0.39, 0.29) is 5.91 Å². The maximum atomic E-state index is 11.5. The summed E-state index contributed by atoms with van der Waals surface area (Å²) in [4.78, 5) is 23.3. The second-order valence-corrected chi connectivity index (χ2v) is 3.95. The molecule has 0 saturated heterocycles. The van der Waals surface area contributed by atoms with Crippen molar-refractivity contribution in [1.82, 2.24) is 4.90 Å². The number of hydrogen-bond acceptors (Lipinski definition) is 2. The summed E-state index contributed by atoms with van der Waals surface area (Å²) in [6.45, 7) is 5.58. The molecule has 14 heavy (non-hydrogen) atoms. The SMILES string of the molecule is CC(C)CCC(=O)N(C)C(C)C(=O)O. The molecule has 0 aliphatic heterocycles. The van der Waals surface area contributed by atoms with E-state index in [1.807, 2.05) is 13.8 Å². The van der Waals surface area contributed by atoms with Crippen LogP contribution in [0, 0.1) is 5.92 Å². The van der Waals surface area contributed by atoms with Crippen molar-refractivity contribution >= 4 is 11.9 Å². The molecule has 0 aliphatic rings. The third-order valence-corrected chi connectivity index (χ3v) is 2.27. The Hall–Kier alpha value is -1.06. The molecule has 0 aliphatic carbocycles. The highest BCUT2D eigenvalue weighted by Crippen LogP contribution is 2.07. The monoisotopic (exact) mass is 201 g/mol. The Morgan fingerprint density at radius 1 is 1.29 bits per heavy atom. The zero-order chi connectivity index (χ0) is 11.3. The number of hydrogen-bond donors (Lipinski definition) is 1. The Bertz CT molecular complexity index is 213. The Kier molecular flexibility index (Phi) is 5.20. The smallest absolute Gasteiger partial charge is 0.326 e. The largest absolute Gasteiger partial charge is 0.480 e. The predicted octanol–water partition coefficient (Wildman–Crippen LogP) is 1.35. The lowest BCUT2D eigenvalue weighted by Crippen LogP contribution is -2.40. The Morgan fingerprint density at radius 2 is 1.79 bits per heavy atom. The van der Waals surface area contributed by atoms with Crippen LogP contribution >= 0.6 is 0 Å². The van der Waals surface area contributed by atoms with E-state index < -0.39 is 12.0 Å². The first kappa shape index (κ1) is 12.9. The summed E-state index contributed by atoms with van der Waals surface area (Å²) >= 11 is 0. The van der Waals surface area contributed by atoms with Crippen molar-refractivity contribution in [1.29, 1.82) is 0 Å². The van der Waals surface area contributed by atoms with E-state index in [1.165, 1.54) is 18.9 Å². The van der Waals surface area contributed by atoms with Crippen molar-refractivity contribution in [2.45, 2.75) is 39.7 Å². The topological polar surface area (TPSA) is 57.6 Å². The van der Waals surface area contributed by atoms with Gasteiger partial charge < -0.3 is 10.0 Å². The summed E-state index contributed by atoms with van der Waals surface area (Å²) in [7, 11) is 1.53. The van der Waals surface area contributed by atoms with Crippen LogP contribution in [-0.4, -0.2) is 35.0 Å². The van der Waals surface area contributed by atoms with Gasteiger partial charge in [0, 0.05) is 13.5 Å². The van der Waals surface area contributed by atoms with Gasteiger partial charge in [-0.3, -0.25) is 4.79 Å². The van der Waals surface area contributed by atoms with E-state index in [0.29, 0.717) is 12.3 Å². The van der Waals surface area contributed by atoms with Crippen LogP contribution in [0.5, 0.6) is 0 Å². The van der Waals surface area contributed by atoms with Gasteiger partial charge in [0.15, 0.2) is 0 Å². The molecule has 0 rings (SSSR count). The van der Waals surface area contributed by atoms with E-state index in [1.54, 1.807) is 0 Å². The van der Waals surface area contributed by atoms with Crippen LogP contribution in [0.1, 0.15) is 33.6 Å². The molecule has 4 nitrogen and oxygen atoms in total. The van der Waals surface area contributed by atoms with Crippen LogP contribution in [0.2, 0.25) is 0 Å². The maximum Gasteiger partial charge on any atom is 0.326 e. The lowest BCUT2D eigenvalue weighted by Gasteiger charge is -2.21. The molecule has 0 aromatic rings. The van der Waals surface area contributed by atoms with Gasteiger partial charge in [-0.15, -0.1) is 0 Å². The van der Waals surface area contributed by atoms with Crippen molar-refractivity contribution in [3.63, 3.8) is 0 Å². The molecule has 0 saturated carbocycles. The minimum atomic E-state index is -0.967. The molecule has 1 amide bonds. The summed E-state index contributed by atoms with van der Waals surface area (Å²) < 4.78 is 0. The highest BCUT2D eigenvalue weighted by Gasteiger charge is 2.21. The van der Waals surface area contributed by atoms with Crippen LogP contribution in [-0.2, 0) is 9.59 Å². The van der Waals surface area contributed by atoms with E-state index in [9.17, 15) is 9.59 Å². The molecule has 1 N–H and O–H groups in total. The number of likely N-dealkylation sites (N-methyl/N-ethyl adjacent to an activating group) is 1. The van der Waals surface area contributed by atoms with Gasteiger partial charge in [-0.1, -0.05) is 13.8 Å². The van der Waals surface area contributed by atoms with Gasteiger partial charge in [-0.25, -0.2) is 4.79 Å². The Morgan fingerprint density at radius 3 is 2.14 bits per heavy atom. The summed E-state index contributed by atoms with van der Waals surface area (Å²) in [5, 5.41) is 8.68. The Balaban J connectivity index is 4.05. The average molecular weight is 201 g/mol. The number of carbonyl (C=O) groups is 2. The van der Waals surface area contributed by atoms with Gasteiger partial charge in [0.1, 0.15) is 6.04 Å². The number of carbonyl (C=O) groups excluding carboxylic acids is 1. The molecule has 4 heteroatoms. The fourth-order valence-electron chi connectivity index (χ4n) is 0.970. The van der Waals surface area contributed by atoms with Gasteiger partial charge in [0.05, 0.1) is 0 Å². The molecule has 82 valence electrons. The van der Waals surface area contributed by atoms with Gasteiger partial charge >= 0.3 is 5.97 Å². The predicted molar refractivity (Wildman–Crippen MR) is 53.9 cm³/mol. The number of amides is 1. The third kappa shape index (κ3) is 4.25. The second kappa shape index (κ2) is 5.62. The highest BCUT2D eigenvalue weighted by molar-refractivity contribution is 5.83. The van der Waals surface area contributed by atoms with Gasteiger partial charge in [-0.05, 0) is 19.3 Å². The molecule has 0 fully saturated rings. The molecule has 1 unspecified atom stereocenters. The first-order chi connectivity index (χ1) is 6.36. The van der Waals surface area contributed by atoms with Gasteiger partial charge in [0.25, 0.3) is 0 Å². The quantitative estimate of drug-likeness (QED) is 0.730. The molecule has 0 aromatic heterocycles. The van der Waals surface area contributed by atoms with Gasteiger partial charge in [-0.2, -0.15) is 0 Å². The summed E-state index contributed by atoms with van der Waals surface area (Å²) in [6.07, 6.45) is 1.22. The van der Waals surface area contributed by atoms with E-state index in [0.717, 1.165) is 6.42 Å². The van der Waals surface area contributed by atoms with Crippen molar-refractivity contribution in [3.05, 3.63) is 0 Å². The average Bonchev–Trinajstić information content (AvgIpc) is 2.11. The minimum absolute atomic E-state index is 0.103. The van der Waals surface area contributed by atoms with Crippen molar-refractivity contribution < 1.29 is 14.7 Å². The minimum Gasteiger partial charge on any atom is -0.480 e. The first-order valence-corrected chi connectivity index (χ1v) is 4.84. The molecule has 0 bridgehead atoms. The van der Waals surface area contributed by atoms with Crippen LogP contribution in [0.4, 0.5) is 0 Å². The van der Waals surface area contributed by atoms with Crippen LogP contribution in [0.25, 0.3) is 0 Å². The second-order valence-electron chi connectivity index (χ2n) is 3.95. The third-order valence-electron chi connectivity index (χ3n) is 2.27. The lowest BCUT2D eigenvalue weighted by atomic mass is 10.1. The normalized spacial score (nSPS) is 12.6. The van der Waals surface area contributed by atoms with Crippen molar-refractivity contribution in [2.24, 2.45) is 5.92 Å². The molecular weight excluding hydrogens is 182 g/mol. The summed E-state index contributed by atoms with van der Waals surface area (Å²) in [5.41, 5.74) is 0. The van der Waals surface area contributed by atoms with Crippen LogP contribution < -0.4 is 0 Å². The van der Waals surface area contributed by atoms with Gasteiger partial charge in [0.2, 0.25) is 5.91 Å². The first-order valence-electron chi connectivity index (χ1n) is 4.84. The summed E-state index contributed by atoms with van der Waals surface area (Å²) in [6, 6.07) is -0.741. The molecular formula is C10H19NO3. The number of rotatable bonds is 5.